The van der Waals surface area contributed by atoms with Crippen molar-refractivity contribution in [2.75, 3.05) is 0 Å². The van der Waals surface area contributed by atoms with Gasteiger partial charge in [-0.25, -0.2) is 0 Å². The van der Waals surface area contributed by atoms with Crippen LogP contribution in [-0.4, -0.2) is 11.4 Å². The molecule has 0 fully saturated rings. The number of hydrogen-bond acceptors (Lipinski definition) is 2. The zero-order valence-electron chi connectivity index (χ0n) is 16.1. The average molecular weight is 376 g/mol. The predicted octanol–water partition coefficient (Wildman–Crippen LogP) is 5.94. The first-order chi connectivity index (χ1) is 14.2. The number of ether oxygens (including phenoxy) is 1. The van der Waals surface area contributed by atoms with Gasteiger partial charge in [-0.2, -0.15) is 0 Å². The topological polar surface area (TPSA) is 26.3 Å². The number of hydrogen-bond donors (Lipinski definition) is 0. The Kier molecular flexibility index (Phi) is 4.06. The first-order valence-electron chi connectivity index (χ1n) is 9.75. The van der Waals surface area contributed by atoms with Crippen LogP contribution in [-0.2, 0) is 9.53 Å². The minimum absolute atomic E-state index is 0.0266. The monoisotopic (exact) mass is 376 g/mol. The molecule has 0 radical (unpaired) electrons. The summed E-state index contributed by atoms with van der Waals surface area (Å²) in [5, 5.41) is 0. The lowest BCUT2D eigenvalue weighted by atomic mass is 9.82. The summed E-state index contributed by atoms with van der Waals surface area (Å²) in [7, 11) is 0. The lowest BCUT2D eigenvalue weighted by Crippen LogP contribution is -2.37. The zero-order chi connectivity index (χ0) is 19.8. The van der Waals surface area contributed by atoms with Gasteiger partial charge < -0.3 is 4.74 Å². The highest BCUT2D eigenvalue weighted by atomic mass is 16.5. The minimum Gasteiger partial charge on any atom is -0.474 e. The third kappa shape index (κ3) is 2.85. The highest BCUT2D eigenvalue weighted by molar-refractivity contribution is 6.19. The summed E-state index contributed by atoms with van der Waals surface area (Å²) >= 11 is 0. The molecule has 1 aliphatic heterocycles. The molecular weight excluding hydrogens is 356 g/mol. The van der Waals surface area contributed by atoms with E-state index in [4.69, 9.17) is 4.74 Å². The van der Waals surface area contributed by atoms with Crippen molar-refractivity contribution in [3.63, 3.8) is 0 Å². The van der Waals surface area contributed by atoms with Crippen molar-refractivity contribution in [3.8, 4) is 0 Å². The van der Waals surface area contributed by atoms with Gasteiger partial charge in [0.15, 0.2) is 5.60 Å². The molecule has 2 nitrogen and oxygen atoms in total. The van der Waals surface area contributed by atoms with Gasteiger partial charge in [-0.1, -0.05) is 91.0 Å². The van der Waals surface area contributed by atoms with Gasteiger partial charge in [-0.15, -0.1) is 0 Å². The number of rotatable bonds is 3. The number of carbonyl (C=O) groups excluding carboxylic acids is 1. The van der Waals surface area contributed by atoms with Gasteiger partial charge >= 0.3 is 0 Å². The van der Waals surface area contributed by atoms with Crippen molar-refractivity contribution < 1.29 is 9.53 Å². The number of ketones is 1. The van der Waals surface area contributed by atoms with Crippen LogP contribution >= 0.6 is 0 Å². The molecule has 3 aromatic carbocycles. The summed E-state index contributed by atoms with van der Waals surface area (Å²) in [5.74, 6) is 0.688. The fraction of sp³-hybridized carbons (Fsp3) is 0.0741. The van der Waals surface area contributed by atoms with Gasteiger partial charge in [-0.3, -0.25) is 4.79 Å². The minimum atomic E-state index is -1.05. The van der Waals surface area contributed by atoms with E-state index in [2.05, 4.69) is 18.2 Å². The molecule has 5 rings (SSSR count). The van der Waals surface area contributed by atoms with Crippen LogP contribution in [0.1, 0.15) is 23.6 Å². The van der Waals surface area contributed by atoms with Crippen molar-refractivity contribution in [1.29, 1.82) is 0 Å². The molecular formula is C27H20O2. The van der Waals surface area contributed by atoms with Gasteiger partial charge in [-0.05, 0) is 41.3 Å². The van der Waals surface area contributed by atoms with Crippen molar-refractivity contribution >= 4 is 22.7 Å². The SMILES string of the molecule is C[C@]12OC(c3ccccc3)=CC(c3ccccc3)=C1C(c1ccccc1)=CC2=O. The van der Waals surface area contributed by atoms with E-state index in [1.54, 1.807) is 6.08 Å². The van der Waals surface area contributed by atoms with Crippen molar-refractivity contribution in [1.82, 2.24) is 0 Å². The van der Waals surface area contributed by atoms with E-state index >= 15 is 0 Å². The van der Waals surface area contributed by atoms with Crippen LogP contribution in [0.25, 0.3) is 16.9 Å². The maximum absolute atomic E-state index is 13.2. The van der Waals surface area contributed by atoms with E-state index in [-0.39, 0.29) is 5.78 Å². The Hall–Kier alpha value is -3.65. The molecule has 0 aromatic heterocycles. The van der Waals surface area contributed by atoms with E-state index in [1.165, 1.54) is 0 Å². The Balaban J connectivity index is 1.79. The molecule has 0 bridgehead atoms. The summed E-state index contributed by atoms with van der Waals surface area (Å²) in [5.41, 5.74) is 4.90. The Labute approximate surface area is 170 Å². The summed E-state index contributed by atoms with van der Waals surface area (Å²) in [4.78, 5) is 13.2. The smallest absolute Gasteiger partial charge is 0.204 e. The lowest BCUT2D eigenvalue weighted by Gasteiger charge is -2.34. The van der Waals surface area contributed by atoms with Gasteiger partial charge in [0.1, 0.15) is 5.76 Å². The molecule has 1 aliphatic carbocycles. The Morgan fingerprint density at radius 3 is 1.76 bits per heavy atom. The number of benzene rings is 3. The first-order valence-corrected chi connectivity index (χ1v) is 9.75. The van der Waals surface area contributed by atoms with Gasteiger partial charge in [0, 0.05) is 11.1 Å². The Morgan fingerprint density at radius 1 is 0.655 bits per heavy atom. The van der Waals surface area contributed by atoms with Crippen LogP contribution < -0.4 is 0 Å². The standard InChI is InChI=1S/C27H20O2/c1-27-25(28)18-23(20-13-7-3-8-14-20)26(27)22(19-11-5-2-6-12-19)17-24(29-27)21-15-9-4-10-16-21/h2-18H,1H3/t27-/m1/s1. The molecule has 0 unspecified atom stereocenters. The maximum Gasteiger partial charge on any atom is 0.204 e. The molecule has 0 N–H and O–H groups in total. The van der Waals surface area contributed by atoms with E-state index < -0.39 is 5.60 Å². The molecule has 0 spiro atoms. The largest absolute Gasteiger partial charge is 0.474 e. The lowest BCUT2D eigenvalue weighted by molar-refractivity contribution is -0.126. The molecule has 1 atom stereocenters. The summed E-state index contributed by atoms with van der Waals surface area (Å²) in [6.07, 6.45) is 3.80. The number of allylic oxidation sites excluding steroid dienone is 2. The highest BCUT2D eigenvalue weighted by Gasteiger charge is 2.49. The first kappa shape index (κ1) is 17.4. The van der Waals surface area contributed by atoms with Crippen molar-refractivity contribution in [3.05, 3.63) is 125 Å². The quantitative estimate of drug-likeness (QED) is 0.566. The summed E-state index contributed by atoms with van der Waals surface area (Å²) < 4.78 is 6.40. The third-order valence-electron chi connectivity index (χ3n) is 5.58. The normalized spacial score (nSPS) is 20.7. The summed E-state index contributed by atoms with van der Waals surface area (Å²) in [6, 6.07) is 30.2. The van der Waals surface area contributed by atoms with Crippen molar-refractivity contribution in [2.24, 2.45) is 0 Å². The number of carbonyl (C=O) groups is 1. The Morgan fingerprint density at radius 2 is 1.17 bits per heavy atom. The van der Waals surface area contributed by atoms with Crippen molar-refractivity contribution in [2.45, 2.75) is 12.5 Å². The molecule has 2 heteroatoms. The van der Waals surface area contributed by atoms with Crippen LogP contribution in [0.15, 0.2) is 109 Å². The molecule has 1 heterocycles. The van der Waals surface area contributed by atoms with E-state index in [0.29, 0.717) is 5.76 Å². The Bertz CT molecular complexity index is 1170. The van der Waals surface area contributed by atoms with Crippen LogP contribution in [0.3, 0.4) is 0 Å². The molecule has 3 aromatic rings. The molecule has 29 heavy (non-hydrogen) atoms. The molecule has 0 saturated heterocycles. The van der Waals surface area contributed by atoms with Crippen LogP contribution in [0, 0.1) is 0 Å². The fourth-order valence-electron chi connectivity index (χ4n) is 4.11. The van der Waals surface area contributed by atoms with Crippen LogP contribution in [0.5, 0.6) is 0 Å². The predicted molar refractivity (Wildman–Crippen MR) is 117 cm³/mol. The van der Waals surface area contributed by atoms with E-state index in [1.807, 2.05) is 85.8 Å². The van der Waals surface area contributed by atoms with Crippen LogP contribution in [0.4, 0.5) is 0 Å². The fourth-order valence-corrected chi connectivity index (χ4v) is 4.11. The second-order valence-corrected chi connectivity index (χ2v) is 7.45. The zero-order valence-corrected chi connectivity index (χ0v) is 16.1. The molecule has 140 valence electrons. The number of fused-ring (bicyclic) bond motifs is 1. The van der Waals surface area contributed by atoms with Gasteiger partial charge in [0.2, 0.25) is 5.78 Å². The molecule has 0 amide bonds. The summed E-state index contributed by atoms with van der Waals surface area (Å²) in [6.45, 7) is 1.88. The highest BCUT2D eigenvalue weighted by Crippen LogP contribution is 2.50. The maximum atomic E-state index is 13.2. The van der Waals surface area contributed by atoms with Gasteiger partial charge in [0.25, 0.3) is 0 Å². The van der Waals surface area contributed by atoms with Crippen LogP contribution in [0.2, 0.25) is 0 Å². The van der Waals surface area contributed by atoms with E-state index in [9.17, 15) is 4.79 Å². The molecule has 2 aliphatic rings. The average Bonchev–Trinajstić information content (AvgIpc) is 3.05. The van der Waals surface area contributed by atoms with Gasteiger partial charge in [0.05, 0.1) is 0 Å². The van der Waals surface area contributed by atoms with E-state index in [0.717, 1.165) is 33.4 Å². The second kappa shape index (κ2) is 6.75. The third-order valence-corrected chi connectivity index (χ3v) is 5.58. The second-order valence-electron chi connectivity index (χ2n) is 7.45. The molecule has 0 saturated carbocycles.